The minimum atomic E-state index is 0.301. The number of benzene rings is 1. The summed E-state index contributed by atoms with van der Waals surface area (Å²) >= 11 is 0. The average Bonchev–Trinajstić information content (AvgIpc) is 2.23. The molecule has 1 aromatic carbocycles. The molecule has 1 saturated heterocycles. The van der Waals surface area contributed by atoms with Crippen LogP contribution in [0.3, 0.4) is 0 Å². The van der Waals surface area contributed by atoms with E-state index in [4.69, 9.17) is 9.47 Å². The topological polar surface area (TPSA) is 30.5 Å². The van der Waals surface area contributed by atoms with Crippen LogP contribution >= 0.6 is 0 Å². The van der Waals surface area contributed by atoms with Gasteiger partial charge in [-0.1, -0.05) is 18.2 Å². The molecule has 15 heavy (non-hydrogen) atoms. The molecule has 82 valence electrons. The third-order valence-electron chi connectivity index (χ3n) is 2.73. The molecule has 1 aromatic rings. The normalized spacial score (nSPS) is 18.3. The van der Waals surface area contributed by atoms with E-state index < -0.39 is 0 Å². The highest BCUT2D eigenvalue weighted by atomic mass is 16.5. The summed E-state index contributed by atoms with van der Waals surface area (Å²) in [4.78, 5) is 0. The van der Waals surface area contributed by atoms with Crippen LogP contribution in [0.25, 0.3) is 0 Å². The van der Waals surface area contributed by atoms with E-state index in [0.29, 0.717) is 12.1 Å². The first kappa shape index (κ1) is 10.5. The molecule has 2 rings (SSSR count). The quantitative estimate of drug-likeness (QED) is 0.815. The van der Waals surface area contributed by atoms with Gasteiger partial charge in [0.2, 0.25) is 0 Å². The molecule has 1 fully saturated rings. The molecule has 0 aliphatic carbocycles. The van der Waals surface area contributed by atoms with Crippen LogP contribution in [0.4, 0.5) is 0 Å². The predicted octanol–water partition coefficient (Wildman–Crippen LogP) is 1.74. The van der Waals surface area contributed by atoms with Gasteiger partial charge >= 0.3 is 0 Å². The molecule has 3 nitrogen and oxygen atoms in total. The zero-order valence-electron chi connectivity index (χ0n) is 9.19. The van der Waals surface area contributed by atoms with Gasteiger partial charge in [-0.15, -0.1) is 0 Å². The Kier molecular flexibility index (Phi) is 3.23. The highest BCUT2D eigenvalue weighted by Crippen LogP contribution is 2.25. The Morgan fingerprint density at radius 1 is 1.40 bits per heavy atom. The second-order valence-corrected chi connectivity index (χ2v) is 3.86. The van der Waals surface area contributed by atoms with Crippen molar-refractivity contribution in [3.05, 3.63) is 29.8 Å². The van der Waals surface area contributed by atoms with Crippen molar-refractivity contribution in [2.45, 2.75) is 19.0 Å². The molecule has 1 heterocycles. The summed E-state index contributed by atoms with van der Waals surface area (Å²) in [6.45, 7) is 3.79. The van der Waals surface area contributed by atoms with Crippen LogP contribution in [-0.4, -0.2) is 26.4 Å². The lowest BCUT2D eigenvalue weighted by atomic mass is 10.1. The fourth-order valence-corrected chi connectivity index (χ4v) is 1.80. The van der Waals surface area contributed by atoms with Crippen molar-refractivity contribution in [3.63, 3.8) is 0 Å². The maximum absolute atomic E-state index is 5.33. The number of rotatable bonds is 4. The molecule has 1 aliphatic rings. The highest BCUT2D eigenvalue weighted by molar-refractivity contribution is 5.35. The Bertz CT molecular complexity index is 323. The van der Waals surface area contributed by atoms with Crippen molar-refractivity contribution < 1.29 is 9.47 Å². The molecule has 0 saturated carbocycles. The molecule has 0 spiro atoms. The molecular formula is C12H17NO2. The first-order valence-corrected chi connectivity index (χ1v) is 5.28. The number of hydrogen-bond acceptors (Lipinski definition) is 3. The molecule has 1 aliphatic heterocycles. The summed E-state index contributed by atoms with van der Waals surface area (Å²) in [6.07, 6.45) is 0. The third-order valence-corrected chi connectivity index (χ3v) is 2.73. The van der Waals surface area contributed by atoms with Crippen LogP contribution in [-0.2, 0) is 4.74 Å². The Balaban J connectivity index is 2.05. The fourth-order valence-electron chi connectivity index (χ4n) is 1.80. The van der Waals surface area contributed by atoms with Crippen LogP contribution in [0.15, 0.2) is 24.3 Å². The van der Waals surface area contributed by atoms with E-state index >= 15 is 0 Å². The smallest absolute Gasteiger partial charge is 0.123 e. The first-order valence-electron chi connectivity index (χ1n) is 5.28. The lowest BCUT2D eigenvalue weighted by molar-refractivity contribution is -0.00934. The van der Waals surface area contributed by atoms with Gasteiger partial charge in [0, 0.05) is 11.6 Å². The first-order chi connectivity index (χ1) is 7.31. The van der Waals surface area contributed by atoms with E-state index in [1.54, 1.807) is 7.11 Å². The maximum atomic E-state index is 5.33. The van der Waals surface area contributed by atoms with Crippen LogP contribution in [0.1, 0.15) is 18.5 Å². The number of para-hydroxylation sites is 1. The Morgan fingerprint density at radius 3 is 2.73 bits per heavy atom. The molecule has 0 aromatic heterocycles. The van der Waals surface area contributed by atoms with Gasteiger partial charge in [0.05, 0.1) is 26.4 Å². The standard InChI is InChI=1S/C12H17NO2/c1-9(13-10-7-15-8-10)11-5-3-4-6-12(11)14-2/h3-6,9-10,13H,7-8H2,1-2H3/t9-/m1/s1. The third kappa shape index (κ3) is 2.30. The van der Waals surface area contributed by atoms with E-state index in [9.17, 15) is 0 Å². The Hall–Kier alpha value is -1.06. The number of ether oxygens (including phenoxy) is 2. The minimum absolute atomic E-state index is 0.301. The lowest BCUT2D eigenvalue weighted by Crippen LogP contribution is -2.46. The summed E-state index contributed by atoms with van der Waals surface area (Å²) in [5, 5.41) is 3.50. The predicted molar refractivity (Wildman–Crippen MR) is 59.2 cm³/mol. The van der Waals surface area contributed by atoms with Crippen LogP contribution in [0.5, 0.6) is 5.75 Å². The van der Waals surface area contributed by atoms with Crippen molar-refractivity contribution in [1.82, 2.24) is 5.32 Å². The Morgan fingerprint density at radius 2 is 2.13 bits per heavy atom. The zero-order valence-corrected chi connectivity index (χ0v) is 9.19. The van der Waals surface area contributed by atoms with Crippen LogP contribution < -0.4 is 10.1 Å². The van der Waals surface area contributed by atoms with E-state index in [2.05, 4.69) is 18.3 Å². The molecule has 0 bridgehead atoms. The second-order valence-electron chi connectivity index (χ2n) is 3.86. The summed E-state index contributed by atoms with van der Waals surface area (Å²) in [5.41, 5.74) is 1.20. The molecule has 3 heteroatoms. The van der Waals surface area contributed by atoms with Gasteiger partial charge in [-0.2, -0.15) is 0 Å². The highest BCUT2D eigenvalue weighted by Gasteiger charge is 2.21. The fraction of sp³-hybridized carbons (Fsp3) is 0.500. The van der Waals surface area contributed by atoms with Gasteiger partial charge in [0.15, 0.2) is 0 Å². The van der Waals surface area contributed by atoms with E-state index in [1.165, 1.54) is 5.56 Å². The molecule has 0 amide bonds. The monoisotopic (exact) mass is 207 g/mol. The molecule has 0 unspecified atom stereocenters. The zero-order chi connectivity index (χ0) is 10.7. The van der Waals surface area contributed by atoms with E-state index in [-0.39, 0.29) is 0 Å². The van der Waals surface area contributed by atoms with Gasteiger partial charge in [-0.05, 0) is 13.0 Å². The van der Waals surface area contributed by atoms with Crippen molar-refractivity contribution in [2.24, 2.45) is 0 Å². The summed E-state index contributed by atoms with van der Waals surface area (Å²) in [7, 11) is 1.71. The van der Waals surface area contributed by atoms with Crippen molar-refractivity contribution in [3.8, 4) is 5.75 Å². The van der Waals surface area contributed by atoms with E-state index in [0.717, 1.165) is 19.0 Å². The van der Waals surface area contributed by atoms with Gasteiger partial charge in [-0.25, -0.2) is 0 Å². The average molecular weight is 207 g/mol. The summed E-state index contributed by atoms with van der Waals surface area (Å²) in [5.74, 6) is 0.942. The van der Waals surface area contributed by atoms with Crippen molar-refractivity contribution in [2.75, 3.05) is 20.3 Å². The molecule has 0 radical (unpaired) electrons. The van der Waals surface area contributed by atoms with Gasteiger partial charge in [0.25, 0.3) is 0 Å². The summed E-state index contributed by atoms with van der Waals surface area (Å²) in [6, 6.07) is 8.90. The van der Waals surface area contributed by atoms with Crippen LogP contribution in [0.2, 0.25) is 0 Å². The largest absolute Gasteiger partial charge is 0.496 e. The Labute approximate surface area is 90.4 Å². The van der Waals surface area contributed by atoms with Crippen molar-refractivity contribution >= 4 is 0 Å². The van der Waals surface area contributed by atoms with Gasteiger partial charge in [-0.3, -0.25) is 0 Å². The molecular weight excluding hydrogens is 190 g/mol. The second kappa shape index (κ2) is 4.64. The number of nitrogens with one attached hydrogen (secondary N) is 1. The number of methoxy groups -OCH3 is 1. The SMILES string of the molecule is COc1ccccc1[C@@H](C)NC1COC1. The van der Waals surface area contributed by atoms with Crippen LogP contribution in [0, 0.1) is 0 Å². The van der Waals surface area contributed by atoms with Crippen molar-refractivity contribution in [1.29, 1.82) is 0 Å². The van der Waals surface area contributed by atoms with Gasteiger partial charge in [0.1, 0.15) is 5.75 Å². The summed E-state index contributed by atoms with van der Waals surface area (Å²) < 4.78 is 10.5. The molecule has 1 atom stereocenters. The van der Waals surface area contributed by atoms with Gasteiger partial charge < -0.3 is 14.8 Å². The van der Waals surface area contributed by atoms with E-state index in [1.807, 2.05) is 18.2 Å². The lowest BCUT2D eigenvalue weighted by Gasteiger charge is -2.30. The number of hydrogen-bond donors (Lipinski definition) is 1. The minimum Gasteiger partial charge on any atom is -0.496 e. The maximum Gasteiger partial charge on any atom is 0.123 e. The molecule has 1 N–H and O–H groups in total.